The van der Waals surface area contributed by atoms with E-state index in [4.69, 9.17) is 4.52 Å². The third kappa shape index (κ3) is 5.79. The summed E-state index contributed by atoms with van der Waals surface area (Å²) in [6.45, 7) is 7.00. The summed E-state index contributed by atoms with van der Waals surface area (Å²) in [7, 11) is 1.96. The number of aromatic nitrogens is 2. The van der Waals surface area contributed by atoms with Crippen molar-refractivity contribution in [2.24, 2.45) is 5.92 Å². The Kier molecular flexibility index (Phi) is 8.45. The molecular weight excluding hydrogens is 376 g/mol. The van der Waals surface area contributed by atoms with E-state index >= 15 is 0 Å². The van der Waals surface area contributed by atoms with Crippen molar-refractivity contribution < 1.29 is 9.32 Å². The number of hydrogen-bond donors (Lipinski definition) is 1. The molecule has 1 amide bonds. The predicted octanol–water partition coefficient (Wildman–Crippen LogP) is 3.67. The van der Waals surface area contributed by atoms with E-state index in [0.29, 0.717) is 36.4 Å². The normalized spacial score (nSPS) is 16.9. The highest BCUT2D eigenvalue weighted by Gasteiger charge is 2.23. The molecule has 1 unspecified atom stereocenters. The molecule has 6 nitrogen and oxygen atoms in total. The number of halogens is 1. The van der Waals surface area contributed by atoms with Crippen LogP contribution in [0.3, 0.4) is 0 Å². The average Bonchev–Trinajstić information content (AvgIpc) is 3.16. The Balaban J connectivity index is 0.00000280. The van der Waals surface area contributed by atoms with Crippen molar-refractivity contribution >= 4 is 18.3 Å². The zero-order valence-electron chi connectivity index (χ0n) is 17.0. The van der Waals surface area contributed by atoms with Crippen LogP contribution in [-0.4, -0.2) is 47.6 Å². The van der Waals surface area contributed by atoms with Gasteiger partial charge in [-0.05, 0) is 43.8 Å². The molecule has 28 heavy (non-hydrogen) atoms. The number of aryl methyl sites for hydroxylation is 1. The van der Waals surface area contributed by atoms with Gasteiger partial charge in [0.05, 0.1) is 0 Å². The first-order chi connectivity index (χ1) is 13.1. The molecule has 0 aliphatic carbocycles. The van der Waals surface area contributed by atoms with Gasteiger partial charge in [-0.2, -0.15) is 4.98 Å². The van der Waals surface area contributed by atoms with E-state index in [0.717, 1.165) is 31.6 Å². The monoisotopic (exact) mass is 406 g/mol. The van der Waals surface area contributed by atoms with Gasteiger partial charge in [-0.15, -0.1) is 12.4 Å². The summed E-state index contributed by atoms with van der Waals surface area (Å²) in [4.78, 5) is 19.0. The van der Waals surface area contributed by atoms with Gasteiger partial charge in [-0.1, -0.05) is 43.3 Å². The molecular formula is C21H31ClN4O2. The van der Waals surface area contributed by atoms with Gasteiger partial charge in [-0.25, -0.2) is 0 Å². The first kappa shape index (κ1) is 22.4. The highest BCUT2D eigenvalue weighted by Crippen LogP contribution is 2.21. The topological polar surface area (TPSA) is 71.3 Å². The van der Waals surface area contributed by atoms with Crippen LogP contribution in [0.1, 0.15) is 50.5 Å². The number of nitrogens with zero attached hydrogens (tertiary/aromatic N) is 3. The van der Waals surface area contributed by atoms with E-state index < -0.39 is 0 Å². The second-order valence-corrected chi connectivity index (χ2v) is 7.69. The standard InChI is InChI=1S/C21H30N4O2.ClH/c1-15(2)17-6-8-18(9-7-17)21-23-19(27-24-21)10-11-20(26)25-12-4-5-16(14-25)13-22-3;/h6-9,15-16,22H,4-5,10-14H2,1-3H3;1H. The lowest BCUT2D eigenvalue weighted by molar-refractivity contribution is -0.133. The van der Waals surface area contributed by atoms with Gasteiger partial charge in [0.2, 0.25) is 17.6 Å². The van der Waals surface area contributed by atoms with Gasteiger partial charge >= 0.3 is 0 Å². The van der Waals surface area contributed by atoms with E-state index in [1.54, 1.807) is 0 Å². The Morgan fingerprint density at radius 2 is 2.07 bits per heavy atom. The number of rotatable bonds is 7. The summed E-state index contributed by atoms with van der Waals surface area (Å²) in [5.74, 6) is 2.33. The molecule has 0 saturated carbocycles. The third-order valence-electron chi connectivity index (χ3n) is 5.22. The SMILES string of the molecule is CNCC1CCCN(C(=O)CCc2nc(-c3ccc(C(C)C)cc3)no2)C1.Cl. The Morgan fingerprint density at radius 1 is 1.32 bits per heavy atom. The fourth-order valence-corrected chi connectivity index (χ4v) is 3.61. The van der Waals surface area contributed by atoms with Crippen LogP contribution in [0, 0.1) is 5.92 Å². The summed E-state index contributed by atoms with van der Waals surface area (Å²) in [5.41, 5.74) is 2.22. The molecule has 0 bridgehead atoms. The molecule has 1 atom stereocenters. The number of hydrogen-bond acceptors (Lipinski definition) is 5. The molecule has 2 heterocycles. The summed E-state index contributed by atoms with van der Waals surface area (Å²) in [6.07, 6.45) is 3.17. The predicted molar refractivity (Wildman–Crippen MR) is 113 cm³/mol. The minimum atomic E-state index is 0. The van der Waals surface area contributed by atoms with Gasteiger partial charge in [0.25, 0.3) is 0 Å². The number of carbonyl (C=O) groups is 1. The third-order valence-corrected chi connectivity index (χ3v) is 5.22. The number of carbonyl (C=O) groups excluding carboxylic acids is 1. The number of nitrogens with one attached hydrogen (secondary N) is 1. The second kappa shape index (κ2) is 10.6. The molecule has 1 aliphatic heterocycles. The molecule has 2 aromatic rings. The van der Waals surface area contributed by atoms with Crippen molar-refractivity contribution in [2.75, 3.05) is 26.7 Å². The van der Waals surface area contributed by atoms with Crippen LogP contribution in [-0.2, 0) is 11.2 Å². The minimum absolute atomic E-state index is 0. The van der Waals surface area contributed by atoms with E-state index in [-0.39, 0.29) is 18.3 Å². The van der Waals surface area contributed by atoms with Gasteiger partial charge in [0, 0.05) is 31.5 Å². The fourth-order valence-electron chi connectivity index (χ4n) is 3.61. The van der Waals surface area contributed by atoms with Crippen LogP contribution in [0.2, 0.25) is 0 Å². The Hall–Kier alpha value is -1.92. The van der Waals surface area contributed by atoms with E-state index in [1.165, 1.54) is 12.0 Å². The molecule has 1 saturated heterocycles. The molecule has 1 aliphatic rings. The maximum Gasteiger partial charge on any atom is 0.227 e. The van der Waals surface area contributed by atoms with E-state index in [2.05, 4.69) is 41.4 Å². The van der Waals surface area contributed by atoms with Crippen molar-refractivity contribution in [3.63, 3.8) is 0 Å². The minimum Gasteiger partial charge on any atom is -0.342 e. The van der Waals surface area contributed by atoms with Crippen LogP contribution in [0.25, 0.3) is 11.4 Å². The molecule has 1 fully saturated rings. The second-order valence-electron chi connectivity index (χ2n) is 7.69. The molecule has 1 aromatic heterocycles. The van der Waals surface area contributed by atoms with Crippen molar-refractivity contribution in [3.05, 3.63) is 35.7 Å². The number of likely N-dealkylation sites (tertiary alicyclic amines) is 1. The van der Waals surface area contributed by atoms with Crippen molar-refractivity contribution in [1.82, 2.24) is 20.4 Å². The quantitative estimate of drug-likeness (QED) is 0.759. The van der Waals surface area contributed by atoms with E-state index in [9.17, 15) is 4.79 Å². The molecule has 3 rings (SSSR count). The summed E-state index contributed by atoms with van der Waals surface area (Å²) in [5, 5.41) is 7.28. The highest BCUT2D eigenvalue weighted by molar-refractivity contribution is 5.85. The fraction of sp³-hybridized carbons (Fsp3) is 0.571. The van der Waals surface area contributed by atoms with Crippen LogP contribution >= 0.6 is 12.4 Å². The van der Waals surface area contributed by atoms with Crippen LogP contribution < -0.4 is 5.32 Å². The van der Waals surface area contributed by atoms with E-state index in [1.807, 2.05) is 24.1 Å². The number of piperidine rings is 1. The lowest BCUT2D eigenvalue weighted by Crippen LogP contribution is -2.42. The molecule has 7 heteroatoms. The van der Waals surface area contributed by atoms with Crippen molar-refractivity contribution in [3.8, 4) is 11.4 Å². The van der Waals surface area contributed by atoms with Gasteiger partial charge in [-0.3, -0.25) is 4.79 Å². The van der Waals surface area contributed by atoms with Crippen LogP contribution in [0.5, 0.6) is 0 Å². The van der Waals surface area contributed by atoms with Gasteiger partial charge in [0.1, 0.15) is 0 Å². The Morgan fingerprint density at radius 3 is 2.75 bits per heavy atom. The highest BCUT2D eigenvalue weighted by atomic mass is 35.5. The Labute approximate surface area is 173 Å². The largest absolute Gasteiger partial charge is 0.342 e. The molecule has 0 spiro atoms. The van der Waals surface area contributed by atoms with Crippen LogP contribution in [0.4, 0.5) is 0 Å². The van der Waals surface area contributed by atoms with Crippen molar-refractivity contribution in [1.29, 1.82) is 0 Å². The maximum absolute atomic E-state index is 12.5. The molecule has 0 radical (unpaired) electrons. The van der Waals surface area contributed by atoms with Gasteiger partial charge in [0.15, 0.2) is 0 Å². The number of amides is 1. The number of benzene rings is 1. The summed E-state index contributed by atoms with van der Waals surface area (Å²) >= 11 is 0. The first-order valence-corrected chi connectivity index (χ1v) is 9.92. The molecule has 1 aromatic carbocycles. The lowest BCUT2D eigenvalue weighted by atomic mass is 9.97. The maximum atomic E-state index is 12.5. The smallest absolute Gasteiger partial charge is 0.227 e. The molecule has 1 N–H and O–H groups in total. The zero-order chi connectivity index (χ0) is 19.2. The lowest BCUT2D eigenvalue weighted by Gasteiger charge is -2.32. The van der Waals surface area contributed by atoms with Crippen molar-refractivity contribution in [2.45, 2.75) is 45.4 Å². The zero-order valence-corrected chi connectivity index (χ0v) is 17.8. The first-order valence-electron chi connectivity index (χ1n) is 9.92. The summed E-state index contributed by atoms with van der Waals surface area (Å²) in [6, 6.07) is 8.23. The van der Waals surface area contributed by atoms with Crippen LogP contribution in [0.15, 0.2) is 28.8 Å². The summed E-state index contributed by atoms with van der Waals surface area (Å²) < 4.78 is 5.35. The van der Waals surface area contributed by atoms with Gasteiger partial charge < -0.3 is 14.7 Å². The molecule has 154 valence electrons. The Bertz CT molecular complexity index is 743. The average molecular weight is 407 g/mol.